The van der Waals surface area contributed by atoms with Crippen molar-refractivity contribution >= 4 is 17.6 Å². The van der Waals surface area contributed by atoms with E-state index in [1.807, 2.05) is 6.08 Å². The monoisotopic (exact) mass is 646 g/mol. The third kappa shape index (κ3) is 15.4. The maximum absolute atomic E-state index is 11.7. The second-order valence-electron chi connectivity index (χ2n) is 14.2. The van der Waals surface area contributed by atoms with E-state index in [4.69, 9.17) is 11.6 Å². The van der Waals surface area contributed by atoms with E-state index in [2.05, 4.69) is 43.9 Å². The first-order valence-electron chi connectivity index (χ1n) is 18.9. The molecule has 0 radical (unpaired) electrons. The molecule has 1 unspecified atom stereocenters. The highest BCUT2D eigenvalue weighted by molar-refractivity contribution is 6.21. The number of carbonyl (C=O) groups is 1. The quantitative estimate of drug-likeness (QED) is 0.0399. The number of aliphatic hydroxyl groups is 2. The number of allylic oxidation sites excluding steroid dienone is 2. The first-order chi connectivity index (χ1) is 21.8. The zero-order valence-corrected chi connectivity index (χ0v) is 29.6. The molecule has 0 aromatic heterocycles. The van der Waals surface area contributed by atoms with Gasteiger partial charge < -0.3 is 15.3 Å². The van der Waals surface area contributed by atoms with Gasteiger partial charge in [0.25, 0.3) is 0 Å². The molecule has 0 aromatic rings. The van der Waals surface area contributed by atoms with Crippen molar-refractivity contribution < 1.29 is 20.1 Å². The van der Waals surface area contributed by atoms with Crippen LogP contribution in [-0.4, -0.2) is 38.9 Å². The summed E-state index contributed by atoms with van der Waals surface area (Å²) in [4.78, 5) is 11.7. The van der Waals surface area contributed by atoms with Gasteiger partial charge in [0.15, 0.2) is 0 Å². The maximum atomic E-state index is 11.7. The molecular weight excluding hydrogens is 580 g/mol. The van der Waals surface area contributed by atoms with Crippen molar-refractivity contribution in [2.24, 2.45) is 23.2 Å². The van der Waals surface area contributed by atoms with E-state index in [0.29, 0.717) is 25.7 Å². The summed E-state index contributed by atoms with van der Waals surface area (Å²) in [7, 11) is 0. The third-order valence-electron chi connectivity index (χ3n) is 10.8. The van der Waals surface area contributed by atoms with E-state index in [1.54, 1.807) is 0 Å². The van der Waals surface area contributed by atoms with Gasteiger partial charge in [0.2, 0.25) is 0 Å². The lowest BCUT2D eigenvalue weighted by molar-refractivity contribution is -0.139. The van der Waals surface area contributed by atoms with Crippen molar-refractivity contribution in [3.8, 4) is 11.8 Å². The Morgan fingerprint density at radius 1 is 0.911 bits per heavy atom. The normalized spacial score (nSPS) is 24.0. The number of unbranched alkanes of at least 4 members (excludes halogenated alkanes) is 14. The largest absolute Gasteiger partial charge is 0.480 e. The van der Waals surface area contributed by atoms with Crippen LogP contribution in [0.3, 0.4) is 0 Å². The van der Waals surface area contributed by atoms with Gasteiger partial charge in [-0.1, -0.05) is 134 Å². The summed E-state index contributed by atoms with van der Waals surface area (Å²) in [5.41, 5.74) is 0.0833. The van der Waals surface area contributed by atoms with E-state index < -0.39 is 18.0 Å². The predicted molar refractivity (Wildman–Crippen MR) is 190 cm³/mol. The molecule has 4 nitrogen and oxygen atoms in total. The number of hydrogen-bond donors (Lipinski definition) is 3. The number of aliphatic hydroxyl groups excluding tert-OH is 2. The number of hydrogen-bond acceptors (Lipinski definition) is 3. The predicted octanol–water partition coefficient (Wildman–Crippen LogP) is 10.8. The second-order valence-corrected chi connectivity index (χ2v) is 14.7. The van der Waals surface area contributed by atoms with Gasteiger partial charge in [-0.3, -0.25) is 4.79 Å². The molecular formula is C40H67ClO4. The van der Waals surface area contributed by atoms with E-state index in [1.165, 1.54) is 89.9 Å². The Morgan fingerprint density at radius 2 is 1.51 bits per heavy atom. The Kier molecular flexibility index (Phi) is 21.2. The molecule has 258 valence electrons. The van der Waals surface area contributed by atoms with E-state index in [9.17, 15) is 20.1 Å². The van der Waals surface area contributed by atoms with Crippen molar-refractivity contribution in [1.82, 2.24) is 0 Å². The average Bonchev–Trinajstić information content (AvgIpc) is 3.26. The summed E-state index contributed by atoms with van der Waals surface area (Å²) in [6, 6.07) is 0. The molecule has 45 heavy (non-hydrogen) atoms. The molecule has 2 fully saturated rings. The molecule has 0 bridgehead atoms. The molecule has 0 saturated heterocycles. The molecule has 2 aliphatic carbocycles. The van der Waals surface area contributed by atoms with E-state index >= 15 is 0 Å². The van der Waals surface area contributed by atoms with Crippen LogP contribution >= 0.6 is 11.6 Å². The summed E-state index contributed by atoms with van der Waals surface area (Å²) >= 11 is 6.63. The number of halogens is 1. The molecule has 0 spiro atoms. The first-order valence-corrected chi connectivity index (χ1v) is 19.3. The molecule has 0 heterocycles. The van der Waals surface area contributed by atoms with Crippen molar-refractivity contribution in [2.75, 3.05) is 0 Å². The fourth-order valence-corrected chi connectivity index (χ4v) is 7.78. The van der Waals surface area contributed by atoms with Gasteiger partial charge in [0.05, 0.1) is 12.2 Å². The standard InChI is InChI=1S/C40H67ClO4/c1-3-5-6-7-8-9-10-11-12-13-14-15-16-17-18-20-25-33(39(44)45)26-21-19-22-27-34-35(37(42)32-36(34)41)28-23-29-38(43)40(4-2)30-24-31-40/h19,22-23,28,33-38,42-43H,3-18,21,24,26-27,29-32H2,1-2H3,(H,44,45)/b22-19-,28-23+/t33?,34-,35+,36+,37-,38+/m1/s1. The fourth-order valence-electron chi connectivity index (χ4n) is 7.33. The summed E-state index contributed by atoms with van der Waals surface area (Å²) < 4.78 is 0. The minimum Gasteiger partial charge on any atom is -0.480 e. The number of aliphatic carboxylic acids is 1. The van der Waals surface area contributed by atoms with Crippen LogP contribution in [0.15, 0.2) is 24.3 Å². The summed E-state index contributed by atoms with van der Waals surface area (Å²) in [5.74, 6) is 4.79. The second kappa shape index (κ2) is 23.9. The van der Waals surface area contributed by atoms with Gasteiger partial charge >= 0.3 is 5.97 Å². The van der Waals surface area contributed by atoms with Gasteiger partial charge in [-0.05, 0) is 69.1 Å². The maximum Gasteiger partial charge on any atom is 0.318 e. The van der Waals surface area contributed by atoms with E-state index in [0.717, 1.165) is 38.5 Å². The van der Waals surface area contributed by atoms with Gasteiger partial charge in [0.1, 0.15) is 5.92 Å². The highest BCUT2D eigenvalue weighted by atomic mass is 35.5. The molecule has 0 aromatic carbocycles. The average molecular weight is 647 g/mol. The SMILES string of the molecule is CCCCCCCCCCCCCCCCC#CC(CC/C=C\C[C@@H]1[C@H](/C=C/C[C@H](O)C2(CC)CCC2)[C@H](O)C[C@@H]1Cl)C(=O)O. The Balaban J connectivity index is 1.58. The Hall–Kier alpha value is -1.28. The summed E-state index contributed by atoms with van der Waals surface area (Å²) in [5, 5.41) is 30.9. The van der Waals surface area contributed by atoms with Crippen LogP contribution in [-0.2, 0) is 4.79 Å². The number of rotatable bonds is 25. The summed E-state index contributed by atoms with van der Waals surface area (Å²) in [6.07, 6.45) is 34.4. The van der Waals surface area contributed by atoms with Crippen molar-refractivity contribution in [3.05, 3.63) is 24.3 Å². The van der Waals surface area contributed by atoms with Crippen molar-refractivity contribution in [1.29, 1.82) is 0 Å². The van der Waals surface area contributed by atoms with Crippen LogP contribution in [0.2, 0.25) is 0 Å². The van der Waals surface area contributed by atoms with Crippen LogP contribution in [0.4, 0.5) is 0 Å². The highest BCUT2D eigenvalue weighted by Gasteiger charge is 2.42. The molecule has 0 aliphatic heterocycles. The van der Waals surface area contributed by atoms with Crippen LogP contribution in [0, 0.1) is 35.0 Å². The topological polar surface area (TPSA) is 77.8 Å². The minimum atomic E-state index is -0.837. The highest BCUT2D eigenvalue weighted by Crippen LogP contribution is 2.48. The van der Waals surface area contributed by atoms with Crippen LogP contribution < -0.4 is 0 Å². The molecule has 3 N–H and O–H groups in total. The summed E-state index contributed by atoms with van der Waals surface area (Å²) in [6.45, 7) is 4.44. The van der Waals surface area contributed by atoms with Gasteiger partial charge in [0, 0.05) is 17.7 Å². The lowest BCUT2D eigenvalue weighted by Gasteiger charge is -2.45. The Bertz CT molecular complexity index is 892. The van der Waals surface area contributed by atoms with E-state index in [-0.39, 0.29) is 28.7 Å². The molecule has 0 amide bonds. The number of alkyl halides is 1. The van der Waals surface area contributed by atoms with Gasteiger partial charge in [-0.15, -0.1) is 17.5 Å². The Labute approximate surface area is 281 Å². The molecule has 2 aliphatic rings. The molecule has 5 heteroatoms. The lowest BCUT2D eigenvalue weighted by atomic mass is 9.63. The van der Waals surface area contributed by atoms with Crippen LogP contribution in [0.1, 0.15) is 168 Å². The fraction of sp³-hybridized carbons (Fsp3) is 0.825. The zero-order chi connectivity index (χ0) is 32.8. The zero-order valence-electron chi connectivity index (χ0n) is 28.9. The Morgan fingerprint density at radius 3 is 2.04 bits per heavy atom. The lowest BCUT2D eigenvalue weighted by Crippen LogP contribution is -2.40. The van der Waals surface area contributed by atoms with Gasteiger partial charge in [-0.25, -0.2) is 0 Å². The third-order valence-corrected chi connectivity index (χ3v) is 11.3. The molecule has 2 rings (SSSR count). The minimum absolute atomic E-state index is 0.0177. The molecule has 2 saturated carbocycles. The number of carboxylic acids is 1. The van der Waals surface area contributed by atoms with Crippen LogP contribution in [0.25, 0.3) is 0 Å². The number of carboxylic acid groups (broad SMARTS) is 1. The smallest absolute Gasteiger partial charge is 0.318 e. The van der Waals surface area contributed by atoms with Crippen LogP contribution in [0.5, 0.6) is 0 Å². The van der Waals surface area contributed by atoms with Gasteiger partial charge in [-0.2, -0.15) is 0 Å². The van der Waals surface area contributed by atoms with Crippen molar-refractivity contribution in [3.63, 3.8) is 0 Å². The first kappa shape index (κ1) is 39.9. The van der Waals surface area contributed by atoms with Crippen molar-refractivity contribution in [2.45, 2.75) is 186 Å². The molecule has 6 atom stereocenters.